The van der Waals surface area contributed by atoms with Gasteiger partial charge in [0.25, 0.3) is 0 Å². The van der Waals surface area contributed by atoms with Gasteiger partial charge in [-0.1, -0.05) is 13.8 Å². The molecule has 0 spiro atoms. The lowest BCUT2D eigenvalue weighted by Crippen LogP contribution is -2.41. The van der Waals surface area contributed by atoms with E-state index in [0.717, 1.165) is 0 Å². The first-order chi connectivity index (χ1) is 8.14. The second-order valence-electron chi connectivity index (χ2n) is 6.40. The van der Waals surface area contributed by atoms with Crippen molar-refractivity contribution in [2.45, 2.75) is 65.6 Å². The molecule has 2 rings (SSSR count). The second kappa shape index (κ2) is 4.36. The molecule has 100 valence electrons. The van der Waals surface area contributed by atoms with Gasteiger partial charge in [-0.2, -0.15) is 0 Å². The van der Waals surface area contributed by atoms with Gasteiger partial charge in [0.15, 0.2) is 0 Å². The quantitative estimate of drug-likeness (QED) is 0.763. The highest BCUT2D eigenvalue weighted by molar-refractivity contribution is 7.13. The third-order valence-electron chi connectivity index (χ3n) is 4.05. The summed E-state index contributed by atoms with van der Waals surface area (Å²) in [7, 11) is -0.223. The highest BCUT2D eigenvalue weighted by atomic mass is 32.1. The fourth-order valence-electron chi connectivity index (χ4n) is 2.01. The second-order valence-corrected chi connectivity index (χ2v) is 7.69. The van der Waals surface area contributed by atoms with Gasteiger partial charge >= 0.3 is 7.12 Å². The van der Waals surface area contributed by atoms with E-state index >= 15 is 0 Å². The number of thiophene rings is 1. The highest BCUT2D eigenvalue weighted by Crippen LogP contribution is 2.37. The summed E-state index contributed by atoms with van der Waals surface area (Å²) in [6, 6.07) is 2.24. The summed E-state index contributed by atoms with van der Waals surface area (Å²) in [5.74, 6) is 0.560. The molecule has 0 saturated carbocycles. The lowest BCUT2D eigenvalue weighted by Gasteiger charge is -2.32. The van der Waals surface area contributed by atoms with Gasteiger partial charge in [0.1, 0.15) is 0 Å². The van der Waals surface area contributed by atoms with E-state index in [-0.39, 0.29) is 18.3 Å². The Bertz CT molecular complexity index is 433. The lowest BCUT2D eigenvalue weighted by molar-refractivity contribution is 0.00578. The predicted molar refractivity (Wildman–Crippen MR) is 78.9 cm³/mol. The molecule has 1 saturated heterocycles. The molecular weight excluding hydrogens is 243 g/mol. The SMILES string of the molecule is Cc1sc(C(C)C)cc1B1OC(C)(C)C(C)(C)O1. The highest BCUT2D eigenvalue weighted by Gasteiger charge is 2.52. The minimum Gasteiger partial charge on any atom is -0.399 e. The summed E-state index contributed by atoms with van der Waals surface area (Å²) in [4.78, 5) is 2.70. The minimum atomic E-state index is -0.260. The zero-order valence-corrected chi connectivity index (χ0v) is 13.3. The van der Waals surface area contributed by atoms with E-state index in [1.807, 2.05) is 11.3 Å². The molecule has 0 atom stereocenters. The minimum absolute atomic E-state index is 0.223. The number of rotatable bonds is 2. The number of hydrogen-bond acceptors (Lipinski definition) is 3. The van der Waals surface area contributed by atoms with Crippen LogP contribution in [0.4, 0.5) is 0 Å². The molecule has 1 aliphatic rings. The number of aryl methyl sites for hydroxylation is 1. The fourth-order valence-corrected chi connectivity index (χ4v) is 3.06. The van der Waals surface area contributed by atoms with Gasteiger partial charge in [0.2, 0.25) is 0 Å². The molecule has 0 radical (unpaired) electrons. The normalized spacial score (nSPS) is 21.9. The van der Waals surface area contributed by atoms with Crippen LogP contribution >= 0.6 is 11.3 Å². The molecule has 0 bridgehead atoms. The Morgan fingerprint density at radius 1 is 1.11 bits per heavy atom. The summed E-state index contributed by atoms with van der Waals surface area (Å²) < 4.78 is 12.2. The van der Waals surface area contributed by atoms with Crippen LogP contribution in [0.25, 0.3) is 0 Å². The van der Waals surface area contributed by atoms with E-state index in [4.69, 9.17) is 9.31 Å². The van der Waals surface area contributed by atoms with E-state index in [9.17, 15) is 0 Å². The molecule has 0 amide bonds. The molecule has 0 aliphatic carbocycles. The van der Waals surface area contributed by atoms with E-state index in [1.165, 1.54) is 15.2 Å². The van der Waals surface area contributed by atoms with Crippen molar-refractivity contribution in [2.75, 3.05) is 0 Å². The maximum Gasteiger partial charge on any atom is 0.495 e. The van der Waals surface area contributed by atoms with Gasteiger partial charge in [-0.15, -0.1) is 11.3 Å². The van der Waals surface area contributed by atoms with Crippen molar-refractivity contribution in [3.63, 3.8) is 0 Å². The molecule has 0 aromatic carbocycles. The molecule has 1 fully saturated rings. The van der Waals surface area contributed by atoms with Crippen LogP contribution in [0.2, 0.25) is 0 Å². The molecule has 2 nitrogen and oxygen atoms in total. The molecule has 0 unspecified atom stereocenters. The zero-order valence-electron chi connectivity index (χ0n) is 12.5. The van der Waals surface area contributed by atoms with Gasteiger partial charge in [-0.05, 0) is 52.1 Å². The average molecular weight is 266 g/mol. The Morgan fingerprint density at radius 3 is 2.00 bits per heavy atom. The molecule has 2 heterocycles. The maximum atomic E-state index is 6.11. The summed E-state index contributed by atoms with van der Waals surface area (Å²) >= 11 is 1.85. The van der Waals surface area contributed by atoms with Crippen LogP contribution < -0.4 is 5.46 Å². The molecular formula is C14H23BO2S. The van der Waals surface area contributed by atoms with Gasteiger partial charge in [0.05, 0.1) is 11.2 Å². The molecule has 4 heteroatoms. The lowest BCUT2D eigenvalue weighted by atomic mass is 9.79. The molecule has 1 aromatic heterocycles. The van der Waals surface area contributed by atoms with E-state index in [0.29, 0.717) is 5.92 Å². The van der Waals surface area contributed by atoms with E-state index in [2.05, 4.69) is 54.5 Å². The van der Waals surface area contributed by atoms with Crippen LogP contribution in [-0.4, -0.2) is 18.3 Å². The Balaban J connectivity index is 2.30. The zero-order chi connectivity index (χ0) is 13.7. The van der Waals surface area contributed by atoms with Crippen LogP contribution in [-0.2, 0) is 9.31 Å². The summed E-state index contributed by atoms with van der Waals surface area (Å²) in [5.41, 5.74) is 0.677. The number of hydrogen-bond donors (Lipinski definition) is 0. The Hall–Kier alpha value is -0.315. The van der Waals surface area contributed by atoms with Crippen molar-refractivity contribution in [3.05, 3.63) is 15.8 Å². The van der Waals surface area contributed by atoms with Crippen molar-refractivity contribution in [1.29, 1.82) is 0 Å². The van der Waals surface area contributed by atoms with Gasteiger partial charge in [-0.3, -0.25) is 0 Å². The predicted octanol–water partition coefficient (Wildman–Crippen LogP) is 3.48. The van der Waals surface area contributed by atoms with Crippen molar-refractivity contribution >= 4 is 23.9 Å². The van der Waals surface area contributed by atoms with E-state index < -0.39 is 0 Å². The smallest absolute Gasteiger partial charge is 0.399 e. The van der Waals surface area contributed by atoms with Crippen LogP contribution in [0.1, 0.15) is 57.2 Å². The molecule has 18 heavy (non-hydrogen) atoms. The Labute approximate surface area is 115 Å². The van der Waals surface area contributed by atoms with Crippen molar-refractivity contribution in [2.24, 2.45) is 0 Å². The van der Waals surface area contributed by atoms with Gasteiger partial charge < -0.3 is 9.31 Å². The maximum absolute atomic E-state index is 6.11. The summed E-state index contributed by atoms with van der Waals surface area (Å²) in [5, 5.41) is 0. The average Bonchev–Trinajstić information content (AvgIpc) is 2.66. The van der Waals surface area contributed by atoms with Crippen molar-refractivity contribution in [1.82, 2.24) is 0 Å². The molecule has 0 N–H and O–H groups in total. The van der Waals surface area contributed by atoms with Crippen LogP contribution in [0, 0.1) is 6.92 Å². The first kappa shape index (κ1) is 14.1. The third kappa shape index (κ3) is 2.26. The monoisotopic (exact) mass is 266 g/mol. The molecule has 1 aromatic rings. The topological polar surface area (TPSA) is 18.5 Å². The van der Waals surface area contributed by atoms with Crippen LogP contribution in [0.15, 0.2) is 6.07 Å². The standard InChI is InChI=1S/C14H23BO2S/c1-9(2)12-8-11(10(3)18-12)15-16-13(4,5)14(6,7)17-15/h8-9H,1-7H3. The Morgan fingerprint density at radius 2 is 1.61 bits per heavy atom. The van der Waals surface area contributed by atoms with Crippen LogP contribution in [0.3, 0.4) is 0 Å². The largest absolute Gasteiger partial charge is 0.495 e. The Kier molecular flexibility index (Phi) is 3.42. The van der Waals surface area contributed by atoms with Gasteiger partial charge in [-0.25, -0.2) is 0 Å². The van der Waals surface area contributed by atoms with E-state index in [1.54, 1.807) is 0 Å². The molecule has 1 aliphatic heterocycles. The first-order valence-corrected chi connectivity index (χ1v) is 7.41. The van der Waals surface area contributed by atoms with Crippen molar-refractivity contribution in [3.8, 4) is 0 Å². The third-order valence-corrected chi connectivity index (χ3v) is 5.42. The summed E-state index contributed by atoms with van der Waals surface area (Å²) in [6.07, 6.45) is 0. The van der Waals surface area contributed by atoms with Gasteiger partial charge in [0, 0.05) is 9.75 Å². The fraction of sp³-hybridized carbons (Fsp3) is 0.714. The van der Waals surface area contributed by atoms with Crippen LogP contribution in [0.5, 0.6) is 0 Å². The summed E-state index contributed by atoms with van der Waals surface area (Å²) in [6.45, 7) is 15.0. The first-order valence-electron chi connectivity index (χ1n) is 6.60. The van der Waals surface area contributed by atoms with Crippen molar-refractivity contribution < 1.29 is 9.31 Å².